The summed E-state index contributed by atoms with van der Waals surface area (Å²) in [6.07, 6.45) is 1.16. The van der Waals surface area contributed by atoms with E-state index in [9.17, 15) is 29.3 Å². The highest BCUT2D eigenvalue weighted by Gasteiger charge is 2.37. The first kappa shape index (κ1) is 29.3. The van der Waals surface area contributed by atoms with Crippen molar-refractivity contribution in [1.82, 2.24) is 5.32 Å². The van der Waals surface area contributed by atoms with Crippen molar-refractivity contribution in [3.8, 4) is 11.5 Å². The van der Waals surface area contributed by atoms with Crippen molar-refractivity contribution >= 4 is 81.7 Å². The number of nitrogens with one attached hydrogen (secondary N) is 2. The van der Waals surface area contributed by atoms with Crippen molar-refractivity contribution in [2.45, 2.75) is 0 Å². The molecular weight excluding hydrogens is 603 g/mol. The number of barbiturate groups is 1. The monoisotopic (exact) mass is 618 g/mol. The van der Waals surface area contributed by atoms with Gasteiger partial charge in [-0.15, -0.1) is 0 Å². The quantitative estimate of drug-likeness (QED) is 0.150. The van der Waals surface area contributed by atoms with E-state index in [4.69, 9.17) is 44.3 Å². The van der Waals surface area contributed by atoms with Gasteiger partial charge in [-0.25, -0.2) is 9.69 Å². The lowest BCUT2D eigenvalue weighted by atomic mass is 10.1. The molecule has 3 aromatic carbocycles. The maximum Gasteiger partial charge on any atom is 0.335 e. The molecule has 12 nitrogen and oxygen atoms in total. The maximum absolute atomic E-state index is 13.2. The fourth-order valence-electron chi connectivity index (χ4n) is 3.68. The van der Waals surface area contributed by atoms with Crippen LogP contribution in [0.5, 0.6) is 11.5 Å². The number of urea groups is 1. The number of halogens is 3. The van der Waals surface area contributed by atoms with E-state index in [1.807, 2.05) is 5.32 Å². The second-order valence-electron chi connectivity index (χ2n) is 8.23. The number of anilines is 2. The highest BCUT2D eigenvalue weighted by Crippen LogP contribution is 2.37. The van der Waals surface area contributed by atoms with Crippen LogP contribution in [0.4, 0.5) is 21.9 Å². The minimum absolute atomic E-state index is 0.00780. The Morgan fingerprint density at radius 2 is 1.80 bits per heavy atom. The first-order valence-electron chi connectivity index (χ1n) is 11.4. The third kappa shape index (κ3) is 6.57. The van der Waals surface area contributed by atoms with Crippen molar-refractivity contribution in [3.63, 3.8) is 0 Å². The SMILES string of the molecule is COc1cc(/C=C2/C(=O)NC(=O)N(c3cccc([N+](=O)[O-])c3)C2=O)cc(Cl)c1OCC(=O)Nc1ccc(Cl)c(Cl)c1. The van der Waals surface area contributed by atoms with Gasteiger partial charge in [-0.3, -0.25) is 29.8 Å². The van der Waals surface area contributed by atoms with Crippen molar-refractivity contribution in [3.05, 3.63) is 90.9 Å². The molecule has 4 rings (SSSR count). The molecule has 1 aliphatic heterocycles. The number of ether oxygens (including phenoxy) is 2. The van der Waals surface area contributed by atoms with Gasteiger partial charge < -0.3 is 14.8 Å². The van der Waals surface area contributed by atoms with Crippen LogP contribution < -0.4 is 25.0 Å². The van der Waals surface area contributed by atoms with Crippen molar-refractivity contribution < 1.29 is 33.6 Å². The molecule has 0 spiro atoms. The van der Waals surface area contributed by atoms with Crippen LogP contribution in [-0.4, -0.2) is 42.4 Å². The zero-order valence-electron chi connectivity index (χ0n) is 20.8. The third-order valence-electron chi connectivity index (χ3n) is 5.51. The summed E-state index contributed by atoms with van der Waals surface area (Å²) in [5.41, 5.74) is -0.321. The van der Waals surface area contributed by atoms with E-state index in [-0.39, 0.29) is 38.5 Å². The molecule has 2 N–H and O–H groups in total. The summed E-state index contributed by atoms with van der Waals surface area (Å²) in [6, 6.07) is 11.0. The number of nitro groups is 1. The molecule has 1 aliphatic rings. The average molecular weight is 620 g/mol. The number of nitrogens with zero attached hydrogens (tertiary/aromatic N) is 2. The molecule has 0 bridgehead atoms. The van der Waals surface area contributed by atoms with Crippen molar-refractivity contribution in [2.24, 2.45) is 0 Å². The Hall–Kier alpha value is -4.65. The number of imide groups is 2. The van der Waals surface area contributed by atoms with E-state index in [0.29, 0.717) is 15.6 Å². The lowest BCUT2D eigenvalue weighted by Gasteiger charge is -2.26. The zero-order valence-corrected chi connectivity index (χ0v) is 23.0. The molecule has 1 saturated heterocycles. The number of hydrogen-bond acceptors (Lipinski definition) is 8. The van der Waals surface area contributed by atoms with Crippen LogP contribution in [0.3, 0.4) is 0 Å². The Balaban J connectivity index is 1.56. The van der Waals surface area contributed by atoms with Crippen LogP contribution >= 0.6 is 34.8 Å². The van der Waals surface area contributed by atoms with Gasteiger partial charge in [0.05, 0.1) is 32.8 Å². The number of hydrogen-bond donors (Lipinski definition) is 2. The molecule has 1 heterocycles. The predicted octanol–water partition coefficient (Wildman–Crippen LogP) is 5.25. The van der Waals surface area contributed by atoms with Gasteiger partial charge >= 0.3 is 6.03 Å². The number of methoxy groups -OCH3 is 1. The molecule has 41 heavy (non-hydrogen) atoms. The van der Waals surface area contributed by atoms with E-state index in [1.165, 1.54) is 49.6 Å². The molecule has 0 aliphatic carbocycles. The second-order valence-corrected chi connectivity index (χ2v) is 9.46. The Kier molecular flexibility index (Phi) is 8.77. The van der Waals surface area contributed by atoms with Gasteiger partial charge in [-0.05, 0) is 48.0 Å². The minimum atomic E-state index is -1.07. The standard InChI is InChI=1S/C26H17Cl3N4O8/c1-40-21-9-13(8-20(29)23(21)41-12-22(34)30-14-5-6-18(27)19(28)10-14)7-17-24(35)31-26(37)32(25(17)36)15-3-2-4-16(11-15)33(38)39/h2-11H,12H2,1H3,(H,30,34)(H,31,35,37)/b17-7-. The van der Waals surface area contributed by atoms with E-state index >= 15 is 0 Å². The van der Waals surface area contributed by atoms with Crippen LogP contribution in [0, 0.1) is 10.1 Å². The number of carbonyl (C=O) groups is 4. The molecular formula is C26H17Cl3N4O8. The highest BCUT2D eigenvalue weighted by molar-refractivity contribution is 6.42. The normalized spacial score (nSPS) is 14.1. The summed E-state index contributed by atoms with van der Waals surface area (Å²) in [6.45, 7) is -0.460. The molecule has 210 valence electrons. The Labute approximate surface area is 246 Å². The fourth-order valence-corrected chi connectivity index (χ4v) is 4.25. The number of amides is 5. The first-order chi connectivity index (χ1) is 19.5. The first-order valence-corrected chi connectivity index (χ1v) is 12.5. The van der Waals surface area contributed by atoms with Crippen LogP contribution in [-0.2, 0) is 14.4 Å². The van der Waals surface area contributed by atoms with Gasteiger partial charge in [0, 0.05) is 17.8 Å². The van der Waals surface area contributed by atoms with Gasteiger partial charge in [0.2, 0.25) is 0 Å². The van der Waals surface area contributed by atoms with Crippen LogP contribution in [0.25, 0.3) is 6.08 Å². The van der Waals surface area contributed by atoms with Gasteiger partial charge in [-0.1, -0.05) is 40.9 Å². The number of nitro benzene ring substituents is 1. The third-order valence-corrected chi connectivity index (χ3v) is 6.53. The predicted molar refractivity (Wildman–Crippen MR) is 151 cm³/mol. The summed E-state index contributed by atoms with van der Waals surface area (Å²) >= 11 is 18.2. The van der Waals surface area contributed by atoms with Crippen molar-refractivity contribution in [2.75, 3.05) is 23.9 Å². The summed E-state index contributed by atoms with van der Waals surface area (Å²) in [7, 11) is 1.31. The molecule has 15 heteroatoms. The summed E-state index contributed by atoms with van der Waals surface area (Å²) in [5, 5.41) is 16.3. The van der Waals surface area contributed by atoms with E-state index < -0.39 is 40.9 Å². The number of carbonyl (C=O) groups excluding carboxylic acids is 4. The minimum Gasteiger partial charge on any atom is -0.493 e. The Morgan fingerprint density at radius 3 is 2.49 bits per heavy atom. The summed E-state index contributed by atoms with van der Waals surface area (Å²) < 4.78 is 10.9. The fraction of sp³-hybridized carbons (Fsp3) is 0.0769. The Morgan fingerprint density at radius 1 is 1.05 bits per heavy atom. The molecule has 3 aromatic rings. The molecule has 5 amide bonds. The van der Waals surface area contributed by atoms with Gasteiger partial charge in [0.25, 0.3) is 23.4 Å². The number of non-ortho nitro benzene ring substituents is 1. The summed E-state index contributed by atoms with van der Waals surface area (Å²) in [4.78, 5) is 61.6. The smallest absolute Gasteiger partial charge is 0.335 e. The van der Waals surface area contributed by atoms with Gasteiger partial charge in [0.15, 0.2) is 18.1 Å². The van der Waals surface area contributed by atoms with Crippen LogP contribution in [0.15, 0.2) is 60.2 Å². The molecule has 0 atom stereocenters. The lowest BCUT2D eigenvalue weighted by Crippen LogP contribution is -2.54. The van der Waals surface area contributed by atoms with Crippen molar-refractivity contribution in [1.29, 1.82) is 0 Å². The van der Waals surface area contributed by atoms with Gasteiger partial charge in [0.1, 0.15) is 5.57 Å². The van der Waals surface area contributed by atoms with Gasteiger partial charge in [-0.2, -0.15) is 0 Å². The average Bonchev–Trinajstić information content (AvgIpc) is 2.92. The molecule has 0 saturated carbocycles. The van der Waals surface area contributed by atoms with Crippen LogP contribution in [0.2, 0.25) is 15.1 Å². The maximum atomic E-state index is 13.2. The van der Waals surface area contributed by atoms with Crippen LogP contribution in [0.1, 0.15) is 5.56 Å². The van der Waals surface area contributed by atoms with E-state index in [2.05, 4.69) is 5.32 Å². The molecule has 0 aromatic heterocycles. The number of rotatable bonds is 8. The largest absolute Gasteiger partial charge is 0.493 e. The zero-order chi connectivity index (χ0) is 29.8. The number of benzene rings is 3. The Bertz CT molecular complexity index is 1640. The molecule has 0 unspecified atom stereocenters. The molecule has 1 fully saturated rings. The van der Waals surface area contributed by atoms with E-state index in [1.54, 1.807) is 6.07 Å². The van der Waals surface area contributed by atoms with E-state index in [0.717, 1.165) is 12.1 Å². The highest BCUT2D eigenvalue weighted by atomic mass is 35.5. The topological polar surface area (TPSA) is 157 Å². The lowest BCUT2D eigenvalue weighted by molar-refractivity contribution is -0.384. The molecule has 0 radical (unpaired) electrons. The second kappa shape index (κ2) is 12.3. The summed E-state index contributed by atoms with van der Waals surface area (Å²) in [5.74, 6) is -2.47.